The van der Waals surface area contributed by atoms with Crippen LogP contribution in [0.2, 0.25) is 0 Å². The first-order valence-electron chi connectivity index (χ1n) is 7.30. The lowest BCUT2D eigenvalue weighted by Crippen LogP contribution is -2.44. The van der Waals surface area contributed by atoms with Crippen LogP contribution in [0.3, 0.4) is 0 Å². The van der Waals surface area contributed by atoms with Gasteiger partial charge in [-0.3, -0.25) is 9.59 Å². The van der Waals surface area contributed by atoms with Crippen LogP contribution >= 0.6 is 0 Å². The van der Waals surface area contributed by atoms with Crippen LogP contribution in [0.25, 0.3) is 0 Å². The minimum Gasteiger partial charge on any atom is -0.396 e. The van der Waals surface area contributed by atoms with E-state index >= 15 is 0 Å². The second-order valence-electron chi connectivity index (χ2n) is 5.30. The Bertz CT molecular complexity index is 486. The molecule has 0 aliphatic heterocycles. The topological polar surface area (TPSA) is 78.4 Å². The number of aryl methyl sites for hydroxylation is 1. The third-order valence-electron chi connectivity index (χ3n) is 3.41. The number of benzene rings is 1. The van der Waals surface area contributed by atoms with E-state index < -0.39 is 11.8 Å². The van der Waals surface area contributed by atoms with Crippen molar-refractivity contribution < 1.29 is 14.7 Å². The van der Waals surface area contributed by atoms with Gasteiger partial charge in [-0.05, 0) is 30.4 Å². The molecule has 0 fully saturated rings. The van der Waals surface area contributed by atoms with Crippen molar-refractivity contribution in [3.8, 4) is 0 Å². The molecule has 0 bridgehead atoms. The Labute approximate surface area is 125 Å². The van der Waals surface area contributed by atoms with E-state index in [1.807, 2.05) is 39.0 Å². The first-order chi connectivity index (χ1) is 9.99. The Morgan fingerprint density at radius 1 is 1.19 bits per heavy atom. The predicted octanol–water partition coefficient (Wildman–Crippen LogP) is 1.71. The van der Waals surface area contributed by atoms with Crippen molar-refractivity contribution in [3.63, 3.8) is 0 Å². The van der Waals surface area contributed by atoms with Crippen LogP contribution < -0.4 is 10.6 Å². The zero-order chi connectivity index (χ0) is 15.8. The van der Waals surface area contributed by atoms with E-state index in [-0.39, 0.29) is 18.6 Å². The highest BCUT2D eigenvalue weighted by Crippen LogP contribution is 2.15. The first-order valence-corrected chi connectivity index (χ1v) is 7.30. The molecule has 1 atom stereocenters. The lowest BCUT2D eigenvalue weighted by molar-refractivity contribution is -0.136. The van der Waals surface area contributed by atoms with Gasteiger partial charge >= 0.3 is 11.8 Å². The average molecular weight is 292 g/mol. The summed E-state index contributed by atoms with van der Waals surface area (Å²) in [6, 6.07) is 7.18. The monoisotopic (exact) mass is 292 g/mol. The summed E-state index contributed by atoms with van der Waals surface area (Å²) in [5.74, 6) is -1.20. The summed E-state index contributed by atoms with van der Waals surface area (Å²) in [7, 11) is 0. The number of para-hydroxylation sites is 1. The van der Waals surface area contributed by atoms with Crippen LogP contribution in [-0.2, 0) is 16.0 Å². The van der Waals surface area contributed by atoms with Crippen molar-refractivity contribution in [1.29, 1.82) is 0 Å². The molecule has 0 saturated carbocycles. The largest absolute Gasteiger partial charge is 0.396 e. The summed E-state index contributed by atoms with van der Waals surface area (Å²) in [5, 5.41) is 14.3. The van der Waals surface area contributed by atoms with Crippen LogP contribution in [0, 0.1) is 5.92 Å². The summed E-state index contributed by atoms with van der Waals surface area (Å²) in [6.07, 6.45) is 1.21. The maximum atomic E-state index is 12.0. The van der Waals surface area contributed by atoms with Gasteiger partial charge in [-0.25, -0.2) is 0 Å². The Balaban J connectivity index is 2.68. The zero-order valence-electron chi connectivity index (χ0n) is 12.8. The zero-order valence-corrected chi connectivity index (χ0v) is 12.8. The molecule has 116 valence electrons. The van der Waals surface area contributed by atoms with Gasteiger partial charge in [-0.1, -0.05) is 39.0 Å². The van der Waals surface area contributed by atoms with Crippen LogP contribution in [0.1, 0.15) is 32.8 Å². The van der Waals surface area contributed by atoms with Gasteiger partial charge in [-0.2, -0.15) is 0 Å². The molecule has 0 heterocycles. The van der Waals surface area contributed by atoms with Gasteiger partial charge in [0.1, 0.15) is 0 Å². The number of hydrogen-bond acceptors (Lipinski definition) is 3. The number of rotatable bonds is 6. The Morgan fingerprint density at radius 3 is 2.43 bits per heavy atom. The number of amides is 2. The predicted molar refractivity (Wildman–Crippen MR) is 82.9 cm³/mol. The third-order valence-corrected chi connectivity index (χ3v) is 3.41. The molecule has 1 aromatic rings. The first kappa shape index (κ1) is 17.2. The molecule has 0 aliphatic rings. The molecule has 0 aromatic heterocycles. The molecule has 5 heteroatoms. The van der Waals surface area contributed by atoms with Gasteiger partial charge in [0.15, 0.2) is 0 Å². The van der Waals surface area contributed by atoms with Crippen molar-refractivity contribution >= 4 is 17.5 Å². The van der Waals surface area contributed by atoms with Crippen LogP contribution in [-0.4, -0.2) is 29.6 Å². The lowest BCUT2D eigenvalue weighted by atomic mass is 10.0. The fraction of sp³-hybridized carbons (Fsp3) is 0.500. The molecule has 2 amide bonds. The van der Waals surface area contributed by atoms with Crippen LogP contribution in [0.5, 0.6) is 0 Å². The molecule has 0 aliphatic carbocycles. The number of aliphatic hydroxyl groups is 1. The van der Waals surface area contributed by atoms with Gasteiger partial charge in [0.05, 0.1) is 0 Å². The minimum atomic E-state index is -0.681. The van der Waals surface area contributed by atoms with Gasteiger partial charge in [0.25, 0.3) is 0 Å². The number of carbonyl (C=O) groups excluding carboxylic acids is 2. The smallest absolute Gasteiger partial charge is 0.313 e. The van der Waals surface area contributed by atoms with Crippen molar-refractivity contribution in [2.45, 2.75) is 39.7 Å². The molecule has 5 nitrogen and oxygen atoms in total. The highest BCUT2D eigenvalue weighted by Gasteiger charge is 2.21. The lowest BCUT2D eigenvalue weighted by Gasteiger charge is -2.21. The number of carbonyl (C=O) groups is 2. The summed E-state index contributed by atoms with van der Waals surface area (Å²) >= 11 is 0. The number of hydrogen-bond donors (Lipinski definition) is 3. The molecule has 1 unspecified atom stereocenters. The second-order valence-corrected chi connectivity index (χ2v) is 5.30. The van der Waals surface area contributed by atoms with E-state index in [9.17, 15) is 9.59 Å². The molecule has 1 aromatic carbocycles. The van der Waals surface area contributed by atoms with Gasteiger partial charge < -0.3 is 15.7 Å². The maximum Gasteiger partial charge on any atom is 0.313 e. The molecule has 21 heavy (non-hydrogen) atoms. The highest BCUT2D eigenvalue weighted by molar-refractivity contribution is 6.39. The van der Waals surface area contributed by atoms with Crippen LogP contribution in [0.15, 0.2) is 24.3 Å². The Kier molecular flexibility index (Phi) is 6.88. The van der Waals surface area contributed by atoms with Crippen molar-refractivity contribution in [3.05, 3.63) is 29.8 Å². The third kappa shape index (κ3) is 5.19. The van der Waals surface area contributed by atoms with Crippen molar-refractivity contribution in [2.75, 3.05) is 11.9 Å². The summed E-state index contributed by atoms with van der Waals surface area (Å²) in [5.41, 5.74) is 1.64. The molecule has 1 rings (SSSR count). The summed E-state index contributed by atoms with van der Waals surface area (Å²) < 4.78 is 0. The Hall–Kier alpha value is -1.88. The summed E-state index contributed by atoms with van der Waals surface area (Å²) in [4.78, 5) is 23.9. The van der Waals surface area contributed by atoms with E-state index in [0.29, 0.717) is 12.1 Å². The normalized spacial score (nSPS) is 12.0. The average Bonchev–Trinajstić information content (AvgIpc) is 2.47. The molecule has 0 radical (unpaired) electrons. The van der Waals surface area contributed by atoms with E-state index in [4.69, 9.17) is 5.11 Å². The highest BCUT2D eigenvalue weighted by atomic mass is 16.3. The fourth-order valence-corrected chi connectivity index (χ4v) is 2.07. The van der Waals surface area contributed by atoms with Gasteiger partial charge in [0.2, 0.25) is 0 Å². The molecular formula is C16H24N2O3. The minimum absolute atomic E-state index is 0.0244. The summed E-state index contributed by atoms with van der Waals surface area (Å²) in [6.45, 7) is 5.83. The van der Waals surface area contributed by atoms with E-state index in [1.165, 1.54) is 0 Å². The fourth-order valence-electron chi connectivity index (χ4n) is 2.07. The van der Waals surface area contributed by atoms with E-state index in [0.717, 1.165) is 12.0 Å². The molecule has 0 saturated heterocycles. The maximum absolute atomic E-state index is 12.0. The molecule has 3 N–H and O–H groups in total. The SMILES string of the molecule is CCc1ccccc1NC(=O)C(=O)NC(CCO)C(C)C. The number of anilines is 1. The van der Waals surface area contributed by atoms with Crippen LogP contribution in [0.4, 0.5) is 5.69 Å². The molecular weight excluding hydrogens is 268 g/mol. The van der Waals surface area contributed by atoms with Crippen molar-refractivity contribution in [2.24, 2.45) is 5.92 Å². The number of aliphatic hydroxyl groups excluding tert-OH is 1. The number of nitrogens with one attached hydrogen (secondary N) is 2. The Morgan fingerprint density at radius 2 is 1.86 bits per heavy atom. The van der Waals surface area contributed by atoms with Gasteiger partial charge in [0, 0.05) is 18.3 Å². The van der Waals surface area contributed by atoms with E-state index in [1.54, 1.807) is 6.07 Å². The second kappa shape index (κ2) is 8.42. The quantitative estimate of drug-likeness (QED) is 0.698. The van der Waals surface area contributed by atoms with Crippen molar-refractivity contribution in [1.82, 2.24) is 5.32 Å². The van der Waals surface area contributed by atoms with E-state index in [2.05, 4.69) is 10.6 Å². The van der Waals surface area contributed by atoms with Gasteiger partial charge in [-0.15, -0.1) is 0 Å². The molecule has 0 spiro atoms. The standard InChI is InChI=1S/C16H24N2O3/c1-4-12-7-5-6-8-14(12)18-16(21)15(20)17-13(9-10-19)11(2)3/h5-8,11,13,19H,4,9-10H2,1-3H3,(H,17,20)(H,18,21).